The second-order valence-electron chi connectivity index (χ2n) is 0. The molecule has 0 aliphatic carbocycles. The zero-order valence-corrected chi connectivity index (χ0v) is 10.5. The maximum Gasteiger partial charge on any atom is 2.00 e. The molecule has 7 heavy (non-hydrogen) atoms. The SMILES string of the molecule is [Be+2].[F-].[F-].[F-].[F-].[K+].[K+]. The van der Waals surface area contributed by atoms with E-state index >= 15 is 0 Å². The topological polar surface area (TPSA) is 0 Å². The molecule has 0 aromatic rings. The Kier molecular flexibility index (Phi) is 744. The van der Waals surface area contributed by atoms with Crippen LogP contribution < -0.4 is 122 Å². The van der Waals surface area contributed by atoms with E-state index in [1.807, 2.05) is 0 Å². The van der Waals surface area contributed by atoms with Crippen molar-refractivity contribution in [2.45, 2.75) is 0 Å². The monoisotopic (exact) mass is 163 g/mol. The van der Waals surface area contributed by atoms with E-state index in [0.29, 0.717) is 0 Å². The molecule has 0 rings (SSSR count). The number of halogens is 4. The molecular formula is BeF4K2. The Labute approximate surface area is 128 Å². The molecule has 7 heteroatoms. The van der Waals surface area contributed by atoms with Crippen molar-refractivity contribution < 1.29 is 122 Å². The largest absolute Gasteiger partial charge is 2.00 e. The summed E-state index contributed by atoms with van der Waals surface area (Å²) >= 11 is 0. The average molecular weight is 163 g/mol. The van der Waals surface area contributed by atoms with Gasteiger partial charge in [0.25, 0.3) is 0 Å². The summed E-state index contributed by atoms with van der Waals surface area (Å²) in [5.41, 5.74) is 0. The summed E-state index contributed by atoms with van der Waals surface area (Å²) in [6.07, 6.45) is 0. The van der Waals surface area contributed by atoms with Crippen molar-refractivity contribution in [1.29, 1.82) is 0 Å². The van der Waals surface area contributed by atoms with Gasteiger partial charge >= 0.3 is 113 Å². The van der Waals surface area contributed by atoms with Gasteiger partial charge in [0.05, 0.1) is 0 Å². The van der Waals surface area contributed by atoms with E-state index in [4.69, 9.17) is 0 Å². The van der Waals surface area contributed by atoms with Crippen LogP contribution in [0, 0.1) is 0 Å². The van der Waals surface area contributed by atoms with Crippen molar-refractivity contribution in [2.75, 3.05) is 0 Å². The van der Waals surface area contributed by atoms with Crippen molar-refractivity contribution in [2.24, 2.45) is 0 Å². The molecule has 0 amide bonds. The molecule has 0 aliphatic rings. The van der Waals surface area contributed by atoms with E-state index in [0.717, 1.165) is 0 Å². The van der Waals surface area contributed by atoms with Crippen molar-refractivity contribution in [1.82, 2.24) is 0 Å². The van der Waals surface area contributed by atoms with E-state index in [9.17, 15) is 0 Å². The van der Waals surface area contributed by atoms with E-state index < -0.39 is 0 Å². The third-order valence-corrected chi connectivity index (χ3v) is 0. The summed E-state index contributed by atoms with van der Waals surface area (Å²) in [6, 6.07) is 0. The molecule has 0 fully saturated rings. The Hall–Kier alpha value is 3.16. The predicted molar refractivity (Wildman–Crippen MR) is 5.75 cm³/mol. The van der Waals surface area contributed by atoms with Crippen LogP contribution in [0.2, 0.25) is 0 Å². The van der Waals surface area contributed by atoms with E-state index in [2.05, 4.69) is 0 Å². The van der Waals surface area contributed by atoms with Crippen LogP contribution in [0.4, 0.5) is 0 Å². The molecule has 0 bridgehead atoms. The fourth-order valence-electron chi connectivity index (χ4n) is 0. The summed E-state index contributed by atoms with van der Waals surface area (Å²) in [6.45, 7) is 0. The van der Waals surface area contributed by atoms with Gasteiger partial charge < -0.3 is 18.8 Å². The van der Waals surface area contributed by atoms with Crippen LogP contribution in [-0.4, -0.2) is 10.1 Å². The Morgan fingerprint density at radius 3 is 0.429 bits per heavy atom. The minimum absolute atomic E-state index is 0. The Bertz CT molecular complexity index is 9.65. The van der Waals surface area contributed by atoms with E-state index in [-0.39, 0.29) is 132 Å². The van der Waals surface area contributed by atoms with Crippen molar-refractivity contribution in [3.8, 4) is 0 Å². The minimum atomic E-state index is 0. The molecule has 0 spiro atoms. The summed E-state index contributed by atoms with van der Waals surface area (Å²) < 4.78 is 0. The zero-order chi connectivity index (χ0) is 0. The van der Waals surface area contributed by atoms with Crippen molar-refractivity contribution >= 4 is 10.1 Å². The van der Waals surface area contributed by atoms with Crippen LogP contribution in [0.3, 0.4) is 0 Å². The number of hydrogen-bond donors (Lipinski definition) is 0. The van der Waals surface area contributed by atoms with Gasteiger partial charge in [-0.1, -0.05) is 0 Å². The van der Waals surface area contributed by atoms with Gasteiger partial charge in [0.1, 0.15) is 0 Å². The third kappa shape index (κ3) is 47.0. The molecule has 32 valence electrons. The first-order valence-corrected chi connectivity index (χ1v) is 0. The Morgan fingerprint density at radius 1 is 0.429 bits per heavy atom. The van der Waals surface area contributed by atoms with Gasteiger partial charge in [0.2, 0.25) is 0 Å². The van der Waals surface area contributed by atoms with Gasteiger partial charge in [-0.05, 0) is 0 Å². The molecule has 0 N–H and O–H groups in total. The van der Waals surface area contributed by atoms with Gasteiger partial charge in [0.15, 0.2) is 0 Å². The van der Waals surface area contributed by atoms with Gasteiger partial charge in [-0.3, -0.25) is 0 Å². The van der Waals surface area contributed by atoms with Gasteiger partial charge in [-0.25, -0.2) is 0 Å². The molecule has 0 atom stereocenters. The quantitative estimate of drug-likeness (QED) is 0.246. The first-order valence-electron chi connectivity index (χ1n) is 0. The summed E-state index contributed by atoms with van der Waals surface area (Å²) in [7, 11) is 0. The van der Waals surface area contributed by atoms with Crippen LogP contribution in [0.15, 0.2) is 0 Å². The Balaban J connectivity index is 0. The van der Waals surface area contributed by atoms with Crippen LogP contribution in [-0.2, 0) is 0 Å². The fraction of sp³-hybridized carbons (Fsp3) is 0. The summed E-state index contributed by atoms with van der Waals surface area (Å²) in [5, 5.41) is 0. The summed E-state index contributed by atoms with van der Waals surface area (Å²) in [5.74, 6) is 0. The van der Waals surface area contributed by atoms with Crippen LogP contribution in [0.1, 0.15) is 0 Å². The van der Waals surface area contributed by atoms with Crippen LogP contribution >= 0.6 is 0 Å². The molecule has 0 aliphatic heterocycles. The molecule has 0 saturated heterocycles. The first-order chi connectivity index (χ1) is 0. The molecule has 0 nitrogen and oxygen atoms in total. The Morgan fingerprint density at radius 2 is 0.429 bits per heavy atom. The first kappa shape index (κ1) is 85.3. The molecular weight excluding hydrogens is 163 g/mol. The second-order valence-corrected chi connectivity index (χ2v) is 0. The average Bonchev–Trinajstić information content (AvgIpc) is 0. The zero-order valence-electron chi connectivity index (χ0n) is 4.22. The van der Waals surface area contributed by atoms with Crippen molar-refractivity contribution in [3.05, 3.63) is 0 Å². The van der Waals surface area contributed by atoms with E-state index in [1.54, 1.807) is 0 Å². The standard InChI is InChI=1S/Be.4FH.2K/h;4*1H;;/q+2;;;;;2*+1/p-4. The van der Waals surface area contributed by atoms with E-state index in [1.165, 1.54) is 0 Å². The van der Waals surface area contributed by atoms with Crippen LogP contribution in [0.5, 0.6) is 0 Å². The number of hydrogen-bond acceptors (Lipinski definition) is 0. The van der Waals surface area contributed by atoms with Gasteiger partial charge in [0, 0.05) is 0 Å². The van der Waals surface area contributed by atoms with Gasteiger partial charge in [-0.15, -0.1) is 0 Å². The maximum absolute atomic E-state index is 0. The molecule has 0 aromatic heterocycles. The number of rotatable bonds is 0. The fourth-order valence-corrected chi connectivity index (χ4v) is 0. The van der Waals surface area contributed by atoms with Gasteiger partial charge in [-0.2, -0.15) is 0 Å². The normalized spacial score (nSPS) is 0. The minimum Gasteiger partial charge on any atom is -1.00 e. The second kappa shape index (κ2) is 61.1. The maximum atomic E-state index is 0. The smallest absolute Gasteiger partial charge is 1.00 e. The van der Waals surface area contributed by atoms with Crippen LogP contribution in [0.25, 0.3) is 0 Å². The summed E-state index contributed by atoms with van der Waals surface area (Å²) in [4.78, 5) is 0. The molecule has 0 aromatic carbocycles. The molecule has 0 unspecified atom stereocenters. The van der Waals surface area contributed by atoms with Crippen molar-refractivity contribution in [3.63, 3.8) is 0 Å². The third-order valence-electron chi connectivity index (χ3n) is 0. The molecule has 0 saturated carbocycles. The molecule has 0 radical (unpaired) electrons. The molecule has 0 heterocycles. The predicted octanol–water partition coefficient (Wildman–Crippen LogP) is -18.4.